The number of anilines is 2. The lowest BCUT2D eigenvalue weighted by Gasteiger charge is -2.32. The molecule has 2 heterocycles. The molecule has 1 unspecified atom stereocenters. The number of benzene rings is 2. The van der Waals surface area contributed by atoms with E-state index in [-0.39, 0.29) is 11.9 Å². The van der Waals surface area contributed by atoms with Gasteiger partial charge < -0.3 is 15.4 Å². The number of allylic oxidation sites excluding steroid dienone is 1. The van der Waals surface area contributed by atoms with E-state index in [1.54, 1.807) is 0 Å². The Labute approximate surface area is 190 Å². The summed E-state index contributed by atoms with van der Waals surface area (Å²) in [5.74, 6) is 0.962. The highest BCUT2D eigenvalue weighted by atomic mass is 35.5. The summed E-state index contributed by atoms with van der Waals surface area (Å²) >= 11 is 8.24. The molecule has 2 N–H and O–H groups in total. The van der Waals surface area contributed by atoms with Crippen molar-refractivity contribution in [2.75, 3.05) is 31.3 Å². The number of halogens is 1. The van der Waals surface area contributed by atoms with E-state index in [2.05, 4.69) is 39.1 Å². The minimum Gasteiger partial charge on any atom is -0.378 e. The molecule has 0 radical (unpaired) electrons. The molecular formula is C23H22ClN5OS. The fraction of sp³-hybridized carbons (Fsp3) is 0.261. The van der Waals surface area contributed by atoms with Crippen molar-refractivity contribution in [2.24, 2.45) is 0 Å². The van der Waals surface area contributed by atoms with Gasteiger partial charge in [-0.2, -0.15) is 9.97 Å². The third-order valence-electron chi connectivity index (χ3n) is 5.55. The molecule has 0 saturated carbocycles. The first-order chi connectivity index (χ1) is 15.0. The molecular weight excluding hydrogens is 430 g/mol. The zero-order valence-electron chi connectivity index (χ0n) is 17.3. The topological polar surface area (TPSA) is 77.2 Å². The van der Waals surface area contributed by atoms with Crippen LogP contribution in [-0.2, 0) is 11.3 Å². The van der Waals surface area contributed by atoms with Crippen LogP contribution in [-0.4, -0.2) is 35.7 Å². The van der Waals surface area contributed by atoms with Gasteiger partial charge in [0.2, 0.25) is 5.95 Å². The van der Waals surface area contributed by atoms with Gasteiger partial charge >= 0.3 is 0 Å². The van der Waals surface area contributed by atoms with Crippen LogP contribution in [0.2, 0.25) is 0 Å². The number of hydrogen-bond acceptors (Lipinski definition) is 7. The molecule has 0 amide bonds. The summed E-state index contributed by atoms with van der Waals surface area (Å²) in [6.07, 6.45) is 0.708. The van der Waals surface area contributed by atoms with Crippen molar-refractivity contribution in [1.82, 2.24) is 15.0 Å². The van der Waals surface area contributed by atoms with E-state index in [1.807, 2.05) is 32.3 Å². The number of nitrogens with zero attached hydrogens (tertiary/aromatic N) is 4. The number of nitrogen functional groups attached to an aromatic ring is 1. The summed E-state index contributed by atoms with van der Waals surface area (Å²) in [4.78, 5) is 16.6. The average Bonchev–Trinajstić information content (AvgIpc) is 2.74. The molecule has 1 aliphatic heterocycles. The minimum absolute atomic E-state index is 0.184. The summed E-state index contributed by atoms with van der Waals surface area (Å²) < 4.78 is 5.76. The number of hydrogen-bond donors (Lipinski definition) is 1. The van der Waals surface area contributed by atoms with Gasteiger partial charge in [-0.05, 0) is 53.1 Å². The van der Waals surface area contributed by atoms with E-state index in [4.69, 9.17) is 27.1 Å². The van der Waals surface area contributed by atoms with Gasteiger partial charge in [-0.3, -0.25) is 0 Å². The quantitative estimate of drug-likeness (QED) is 0.616. The molecule has 0 fully saturated rings. The van der Waals surface area contributed by atoms with Crippen LogP contribution >= 0.6 is 23.4 Å². The Morgan fingerprint density at radius 3 is 2.81 bits per heavy atom. The van der Waals surface area contributed by atoms with E-state index in [0.717, 1.165) is 26.8 Å². The predicted molar refractivity (Wildman–Crippen MR) is 124 cm³/mol. The summed E-state index contributed by atoms with van der Waals surface area (Å²) in [5.41, 5.74) is 11.6. The molecule has 1 atom stereocenters. The second-order valence-electron chi connectivity index (χ2n) is 7.87. The lowest BCUT2D eigenvalue weighted by atomic mass is 9.79. The van der Waals surface area contributed by atoms with Crippen molar-refractivity contribution in [1.29, 1.82) is 0 Å². The first-order valence-electron chi connectivity index (χ1n) is 10.1. The maximum absolute atomic E-state index is 6.79. The fourth-order valence-electron chi connectivity index (χ4n) is 4.16. The van der Waals surface area contributed by atoms with Crippen LogP contribution in [0.25, 0.3) is 5.57 Å². The third kappa shape index (κ3) is 3.89. The van der Waals surface area contributed by atoms with Crippen LogP contribution in [0, 0.1) is 0 Å². The van der Waals surface area contributed by atoms with E-state index >= 15 is 0 Å². The molecule has 8 heteroatoms. The van der Waals surface area contributed by atoms with Crippen molar-refractivity contribution in [3.63, 3.8) is 0 Å². The molecule has 0 saturated heterocycles. The van der Waals surface area contributed by atoms with Crippen molar-refractivity contribution in [3.05, 3.63) is 70.0 Å². The minimum atomic E-state index is 0.184. The molecule has 1 aromatic heterocycles. The molecule has 0 spiro atoms. The molecule has 6 nitrogen and oxygen atoms in total. The molecule has 2 aromatic carbocycles. The first-order valence-corrected chi connectivity index (χ1v) is 11.2. The van der Waals surface area contributed by atoms with E-state index in [9.17, 15) is 0 Å². The van der Waals surface area contributed by atoms with Gasteiger partial charge in [0, 0.05) is 41.2 Å². The van der Waals surface area contributed by atoms with Crippen LogP contribution in [0.4, 0.5) is 11.6 Å². The van der Waals surface area contributed by atoms with Gasteiger partial charge in [0.1, 0.15) is 0 Å². The highest BCUT2D eigenvalue weighted by Gasteiger charge is 2.32. The first kappa shape index (κ1) is 20.3. The van der Waals surface area contributed by atoms with E-state index < -0.39 is 0 Å². The van der Waals surface area contributed by atoms with Gasteiger partial charge in [0.15, 0.2) is 11.0 Å². The largest absolute Gasteiger partial charge is 0.378 e. The van der Waals surface area contributed by atoms with Crippen molar-refractivity contribution in [2.45, 2.75) is 29.0 Å². The van der Waals surface area contributed by atoms with Gasteiger partial charge in [-0.25, -0.2) is 4.98 Å². The molecule has 31 heavy (non-hydrogen) atoms. The zero-order valence-corrected chi connectivity index (χ0v) is 18.9. The average molecular weight is 452 g/mol. The Bertz CT molecular complexity index is 1200. The van der Waals surface area contributed by atoms with E-state index in [0.29, 0.717) is 30.6 Å². The summed E-state index contributed by atoms with van der Waals surface area (Å²) in [5, 5.41) is 1.28. The number of nitrogens with two attached hydrogens (primary N) is 1. The Kier molecular flexibility index (Phi) is 5.33. The van der Waals surface area contributed by atoms with Crippen molar-refractivity contribution < 1.29 is 4.74 Å². The summed E-state index contributed by atoms with van der Waals surface area (Å²) in [6, 6.07) is 14.4. The number of aromatic nitrogens is 3. The highest BCUT2D eigenvalue weighted by molar-refractivity contribution is 7.99. The van der Waals surface area contributed by atoms with Crippen LogP contribution in [0.1, 0.15) is 34.9 Å². The molecule has 5 rings (SSSR count). The summed E-state index contributed by atoms with van der Waals surface area (Å²) in [6.45, 7) is 1.30. The molecule has 0 bridgehead atoms. The second kappa shape index (κ2) is 8.15. The van der Waals surface area contributed by atoms with Crippen molar-refractivity contribution >= 4 is 40.6 Å². The SMILES string of the molecule is CN(C)c1cccc(Sc2nc(N)nc(C3=C(Cl)CC4COCc5cccc3c54)n2)c1. The predicted octanol–water partition coefficient (Wildman–Crippen LogP) is 4.69. The monoisotopic (exact) mass is 451 g/mol. The molecule has 2 aliphatic rings. The van der Waals surface area contributed by atoms with Gasteiger partial charge in [0.05, 0.1) is 13.2 Å². The van der Waals surface area contributed by atoms with Gasteiger partial charge in [-0.1, -0.05) is 35.9 Å². The number of rotatable bonds is 4. The fourth-order valence-corrected chi connectivity index (χ4v) is 5.34. The Morgan fingerprint density at radius 1 is 1.13 bits per heavy atom. The highest BCUT2D eigenvalue weighted by Crippen LogP contribution is 2.46. The maximum atomic E-state index is 6.79. The molecule has 3 aromatic rings. The Morgan fingerprint density at radius 2 is 1.97 bits per heavy atom. The third-order valence-corrected chi connectivity index (χ3v) is 6.74. The lowest BCUT2D eigenvalue weighted by molar-refractivity contribution is 0.0908. The summed E-state index contributed by atoms with van der Waals surface area (Å²) in [7, 11) is 4.03. The van der Waals surface area contributed by atoms with Gasteiger partial charge in [0.25, 0.3) is 0 Å². The maximum Gasteiger partial charge on any atom is 0.224 e. The van der Waals surface area contributed by atoms with Crippen LogP contribution in [0.15, 0.2) is 57.5 Å². The molecule has 158 valence electrons. The number of ether oxygens (including phenoxy) is 1. The zero-order chi connectivity index (χ0) is 21.5. The Balaban J connectivity index is 1.56. The smallest absolute Gasteiger partial charge is 0.224 e. The van der Waals surface area contributed by atoms with E-state index in [1.165, 1.54) is 22.9 Å². The van der Waals surface area contributed by atoms with Crippen LogP contribution in [0.5, 0.6) is 0 Å². The van der Waals surface area contributed by atoms with Crippen LogP contribution < -0.4 is 10.6 Å². The molecule has 1 aliphatic carbocycles. The van der Waals surface area contributed by atoms with Crippen molar-refractivity contribution in [3.8, 4) is 0 Å². The second-order valence-corrected chi connectivity index (χ2v) is 9.37. The van der Waals surface area contributed by atoms with Gasteiger partial charge in [-0.15, -0.1) is 0 Å². The lowest BCUT2D eigenvalue weighted by Crippen LogP contribution is -2.22. The normalized spacial score (nSPS) is 17.5. The van der Waals surface area contributed by atoms with Crippen LogP contribution in [0.3, 0.4) is 0 Å². The standard InChI is InChI=1S/C23H22ClN5OS/c1-29(2)15-6-4-7-16(10-15)31-23-27-21(26-22(25)28-23)20-17-8-3-5-13-11-30-12-14(19(13)17)9-18(20)24/h3-8,10,14H,9,11-12H2,1-2H3,(H2,25,26,27,28). The Hall–Kier alpha value is -2.61.